The van der Waals surface area contributed by atoms with E-state index in [1.54, 1.807) is 12.1 Å². The summed E-state index contributed by atoms with van der Waals surface area (Å²) in [6.07, 6.45) is 0.774. The monoisotopic (exact) mass is 278 g/mol. The summed E-state index contributed by atoms with van der Waals surface area (Å²) in [4.78, 5) is 15.9. The second-order valence-corrected chi connectivity index (χ2v) is 5.47. The van der Waals surface area contributed by atoms with Crippen molar-refractivity contribution in [2.24, 2.45) is 0 Å². The second-order valence-electron chi connectivity index (χ2n) is 5.47. The van der Waals surface area contributed by atoms with Gasteiger partial charge in [-0.3, -0.25) is 9.69 Å². The van der Waals surface area contributed by atoms with Gasteiger partial charge in [0.1, 0.15) is 18.0 Å². The second kappa shape index (κ2) is 5.40. The van der Waals surface area contributed by atoms with Gasteiger partial charge < -0.3 is 9.64 Å². The van der Waals surface area contributed by atoms with Gasteiger partial charge in [0, 0.05) is 32.6 Å². The van der Waals surface area contributed by atoms with Crippen molar-refractivity contribution in [2.75, 3.05) is 31.1 Å². The Hall–Kier alpha value is -1.62. The van der Waals surface area contributed by atoms with Crippen LogP contribution < -0.4 is 4.90 Å². The third-order valence-electron chi connectivity index (χ3n) is 4.09. The summed E-state index contributed by atoms with van der Waals surface area (Å²) in [5, 5.41) is 0. The van der Waals surface area contributed by atoms with Crippen molar-refractivity contribution in [1.82, 2.24) is 4.90 Å². The molecule has 1 aromatic rings. The summed E-state index contributed by atoms with van der Waals surface area (Å²) in [6, 6.07) is 6.72. The number of piperazine rings is 1. The predicted molar refractivity (Wildman–Crippen MR) is 74.1 cm³/mol. The molecule has 108 valence electrons. The Balaban J connectivity index is 1.63. The molecule has 2 unspecified atom stereocenters. The van der Waals surface area contributed by atoms with Gasteiger partial charge in [0.25, 0.3) is 0 Å². The summed E-state index contributed by atoms with van der Waals surface area (Å²) in [5.74, 6) is -0.299. The lowest BCUT2D eigenvalue weighted by atomic mass is 10.1. The summed E-state index contributed by atoms with van der Waals surface area (Å²) in [6.45, 7) is 4.92. The molecule has 0 aromatic heterocycles. The quantitative estimate of drug-likeness (QED) is 0.770. The van der Waals surface area contributed by atoms with Gasteiger partial charge in [-0.25, -0.2) is 4.39 Å². The highest BCUT2D eigenvalue weighted by atomic mass is 19.1. The minimum Gasteiger partial charge on any atom is -0.461 e. The van der Waals surface area contributed by atoms with Crippen LogP contribution in [0.2, 0.25) is 0 Å². The van der Waals surface area contributed by atoms with Crippen molar-refractivity contribution in [1.29, 1.82) is 0 Å². The molecule has 0 radical (unpaired) electrons. The number of anilines is 1. The number of halogens is 1. The highest BCUT2D eigenvalue weighted by molar-refractivity contribution is 5.78. The Morgan fingerprint density at radius 2 is 1.90 bits per heavy atom. The van der Waals surface area contributed by atoms with Gasteiger partial charge in [-0.1, -0.05) is 12.1 Å². The SMILES string of the molecule is CC1CC(N2CCN(c3ccccc3F)CC2)C(=O)O1. The minimum absolute atomic E-state index is 0.0112. The third-order valence-corrected chi connectivity index (χ3v) is 4.09. The van der Waals surface area contributed by atoms with Crippen LogP contribution in [0.25, 0.3) is 0 Å². The van der Waals surface area contributed by atoms with Crippen LogP contribution in [0.1, 0.15) is 13.3 Å². The summed E-state index contributed by atoms with van der Waals surface area (Å²) in [5.41, 5.74) is 0.648. The number of para-hydroxylation sites is 1. The van der Waals surface area contributed by atoms with Crippen molar-refractivity contribution >= 4 is 11.7 Å². The molecule has 3 rings (SSSR count). The Morgan fingerprint density at radius 1 is 1.20 bits per heavy atom. The Bertz CT molecular complexity index is 500. The Kier molecular flexibility index (Phi) is 3.61. The summed E-state index contributed by atoms with van der Waals surface area (Å²) in [7, 11) is 0. The van der Waals surface area contributed by atoms with E-state index in [-0.39, 0.29) is 23.9 Å². The topological polar surface area (TPSA) is 32.8 Å². The normalized spacial score (nSPS) is 27.7. The number of cyclic esters (lactones) is 1. The molecule has 2 fully saturated rings. The number of hydrogen-bond donors (Lipinski definition) is 0. The van der Waals surface area contributed by atoms with Crippen LogP contribution in [0.5, 0.6) is 0 Å². The van der Waals surface area contributed by atoms with Crippen molar-refractivity contribution in [2.45, 2.75) is 25.5 Å². The number of benzene rings is 1. The molecular formula is C15H19FN2O2. The van der Waals surface area contributed by atoms with E-state index in [1.165, 1.54) is 6.07 Å². The molecular weight excluding hydrogens is 259 g/mol. The summed E-state index contributed by atoms with van der Waals surface area (Å²) >= 11 is 0. The Labute approximate surface area is 118 Å². The molecule has 5 heteroatoms. The molecule has 0 spiro atoms. The maximum Gasteiger partial charge on any atom is 0.323 e. The molecule has 0 N–H and O–H groups in total. The third kappa shape index (κ3) is 2.50. The first-order chi connectivity index (χ1) is 9.65. The molecule has 2 heterocycles. The van der Waals surface area contributed by atoms with E-state index in [4.69, 9.17) is 4.74 Å². The van der Waals surface area contributed by atoms with E-state index in [0.717, 1.165) is 32.6 Å². The van der Waals surface area contributed by atoms with Crippen LogP contribution in [0.3, 0.4) is 0 Å². The highest BCUT2D eigenvalue weighted by Gasteiger charge is 2.37. The lowest BCUT2D eigenvalue weighted by molar-refractivity contribution is -0.144. The van der Waals surface area contributed by atoms with Gasteiger partial charge >= 0.3 is 5.97 Å². The predicted octanol–water partition coefficient (Wildman–Crippen LogP) is 1.65. The van der Waals surface area contributed by atoms with Gasteiger partial charge in [-0.15, -0.1) is 0 Å². The largest absolute Gasteiger partial charge is 0.461 e. The molecule has 0 saturated carbocycles. The van der Waals surface area contributed by atoms with Crippen LogP contribution in [0.15, 0.2) is 24.3 Å². The van der Waals surface area contributed by atoms with Gasteiger partial charge in [0.2, 0.25) is 0 Å². The number of nitrogens with zero attached hydrogens (tertiary/aromatic N) is 2. The molecule has 4 nitrogen and oxygen atoms in total. The van der Waals surface area contributed by atoms with Crippen molar-refractivity contribution in [3.8, 4) is 0 Å². The molecule has 2 saturated heterocycles. The number of carbonyl (C=O) groups is 1. The van der Waals surface area contributed by atoms with E-state index >= 15 is 0 Å². The number of esters is 1. The lowest BCUT2D eigenvalue weighted by Gasteiger charge is -2.37. The molecule has 20 heavy (non-hydrogen) atoms. The van der Waals surface area contributed by atoms with Gasteiger partial charge in [-0.05, 0) is 19.1 Å². The van der Waals surface area contributed by atoms with E-state index in [9.17, 15) is 9.18 Å². The first-order valence-corrected chi connectivity index (χ1v) is 7.09. The van der Waals surface area contributed by atoms with E-state index < -0.39 is 0 Å². The fourth-order valence-electron chi connectivity index (χ4n) is 3.02. The number of carbonyl (C=O) groups excluding carboxylic acids is 1. The zero-order chi connectivity index (χ0) is 14.1. The van der Waals surface area contributed by atoms with Crippen molar-refractivity contribution < 1.29 is 13.9 Å². The molecule has 0 bridgehead atoms. The Morgan fingerprint density at radius 3 is 2.50 bits per heavy atom. The molecule has 2 aliphatic heterocycles. The van der Waals surface area contributed by atoms with E-state index in [1.807, 2.05) is 17.9 Å². The number of rotatable bonds is 2. The van der Waals surface area contributed by atoms with Crippen LogP contribution >= 0.6 is 0 Å². The van der Waals surface area contributed by atoms with Gasteiger partial charge in [0.15, 0.2) is 0 Å². The average Bonchev–Trinajstić information content (AvgIpc) is 2.79. The minimum atomic E-state index is -0.185. The lowest BCUT2D eigenvalue weighted by Crippen LogP contribution is -2.51. The number of ether oxygens (including phenoxy) is 1. The highest BCUT2D eigenvalue weighted by Crippen LogP contribution is 2.24. The molecule has 0 amide bonds. The molecule has 2 atom stereocenters. The van der Waals surface area contributed by atoms with E-state index in [2.05, 4.69) is 4.90 Å². The number of hydrogen-bond acceptors (Lipinski definition) is 4. The van der Waals surface area contributed by atoms with Crippen LogP contribution in [0.4, 0.5) is 10.1 Å². The smallest absolute Gasteiger partial charge is 0.323 e. The average molecular weight is 278 g/mol. The van der Waals surface area contributed by atoms with Gasteiger partial charge in [0.05, 0.1) is 5.69 Å². The molecule has 0 aliphatic carbocycles. The molecule has 1 aromatic carbocycles. The standard InChI is InChI=1S/C15H19FN2O2/c1-11-10-14(15(19)20-11)18-8-6-17(7-9-18)13-5-3-2-4-12(13)16/h2-5,11,14H,6-10H2,1H3. The fourth-order valence-corrected chi connectivity index (χ4v) is 3.02. The van der Waals surface area contributed by atoms with Crippen LogP contribution in [-0.2, 0) is 9.53 Å². The first kappa shape index (κ1) is 13.4. The molecule has 2 aliphatic rings. The maximum atomic E-state index is 13.8. The summed E-state index contributed by atoms with van der Waals surface area (Å²) < 4.78 is 19.0. The van der Waals surface area contributed by atoms with Gasteiger partial charge in [-0.2, -0.15) is 0 Å². The van der Waals surface area contributed by atoms with Crippen molar-refractivity contribution in [3.63, 3.8) is 0 Å². The van der Waals surface area contributed by atoms with E-state index in [0.29, 0.717) is 5.69 Å². The zero-order valence-electron chi connectivity index (χ0n) is 11.6. The first-order valence-electron chi connectivity index (χ1n) is 7.09. The maximum absolute atomic E-state index is 13.8. The van der Waals surface area contributed by atoms with Crippen LogP contribution in [-0.4, -0.2) is 49.2 Å². The van der Waals surface area contributed by atoms with Crippen LogP contribution in [0, 0.1) is 5.82 Å². The zero-order valence-corrected chi connectivity index (χ0v) is 11.6. The van der Waals surface area contributed by atoms with Crippen molar-refractivity contribution in [3.05, 3.63) is 30.1 Å². The fraction of sp³-hybridized carbons (Fsp3) is 0.533.